The van der Waals surface area contributed by atoms with Gasteiger partial charge >= 0.3 is 0 Å². The molecule has 0 amide bonds. The Morgan fingerprint density at radius 3 is 2.73 bits per heavy atom. The van der Waals surface area contributed by atoms with Gasteiger partial charge in [0.2, 0.25) is 0 Å². The van der Waals surface area contributed by atoms with Gasteiger partial charge in [0.1, 0.15) is 10.0 Å². The first-order valence-corrected chi connectivity index (χ1v) is 5.01. The lowest BCUT2D eigenvalue weighted by molar-refractivity contribution is 0.714. The summed E-state index contributed by atoms with van der Waals surface area (Å²) in [7, 11) is 0. The highest BCUT2D eigenvalue weighted by Gasteiger charge is 2.08. The number of rotatable bonds is 3. The molecule has 0 N–H and O–H groups in total. The summed E-state index contributed by atoms with van der Waals surface area (Å²) < 4.78 is 0. The molecule has 1 heterocycles. The van der Waals surface area contributed by atoms with Crippen LogP contribution in [-0.2, 0) is 5.88 Å². The van der Waals surface area contributed by atoms with Crippen LogP contribution in [-0.4, -0.2) is 10.2 Å². The molecule has 0 aliphatic heterocycles. The predicted octanol–water partition coefficient (Wildman–Crippen LogP) is 2.79. The largest absolute Gasteiger partial charge is 0.143 e. The van der Waals surface area contributed by atoms with E-state index in [9.17, 15) is 0 Å². The van der Waals surface area contributed by atoms with E-state index in [0.29, 0.717) is 11.8 Å². The number of hydrogen-bond acceptors (Lipinski definition) is 3. The van der Waals surface area contributed by atoms with E-state index < -0.39 is 0 Å². The van der Waals surface area contributed by atoms with Crippen molar-refractivity contribution in [3.8, 4) is 0 Å². The number of hydrogen-bond donors (Lipinski definition) is 0. The van der Waals surface area contributed by atoms with E-state index in [1.165, 1.54) is 0 Å². The van der Waals surface area contributed by atoms with Crippen LogP contribution in [0.4, 0.5) is 0 Å². The van der Waals surface area contributed by atoms with E-state index in [1.54, 1.807) is 11.3 Å². The van der Waals surface area contributed by atoms with Crippen LogP contribution in [0, 0.1) is 0 Å². The second-order valence-electron chi connectivity index (χ2n) is 2.48. The van der Waals surface area contributed by atoms with E-state index in [-0.39, 0.29) is 0 Å². The topological polar surface area (TPSA) is 25.8 Å². The van der Waals surface area contributed by atoms with Gasteiger partial charge in [-0.25, -0.2) is 0 Å². The summed E-state index contributed by atoms with van der Waals surface area (Å²) in [5.74, 6) is 0.998. The van der Waals surface area contributed by atoms with Crippen LogP contribution in [0.5, 0.6) is 0 Å². The van der Waals surface area contributed by atoms with E-state index in [0.717, 1.165) is 16.4 Å². The van der Waals surface area contributed by atoms with Gasteiger partial charge in [-0.1, -0.05) is 25.2 Å². The first kappa shape index (κ1) is 8.94. The first-order chi connectivity index (χ1) is 5.27. The summed E-state index contributed by atoms with van der Waals surface area (Å²) in [6.07, 6.45) is 1.11. The zero-order valence-electron chi connectivity index (χ0n) is 6.67. The summed E-state index contributed by atoms with van der Waals surface area (Å²) in [6.45, 7) is 4.30. The van der Waals surface area contributed by atoms with Crippen LogP contribution in [0.15, 0.2) is 0 Å². The quantitative estimate of drug-likeness (QED) is 0.686. The van der Waals surface area contributed by atoms with Gasteiger partial charge in [0.15, 0.2) is 0 Å². The standard InChI is InChI=1S/C7H11ClN2S/c1-3-5(2)7-10-9-6(4-8)11-7/h5H,3-4H2,1-2H3. The summed E-state index contributed by atoms with van der Waals surface area (Å²) in [5.41, 5.74) is 0. The van der Waals surface area contributed by atoms with Crippen molar-refractivity contribution in [2.24, 2.45) is 0 Å². The molecule has 1 atom stereocenters. The molecular formula is C7H11ClN2S. The summed E-state index contributed by atoms with van der Waals surface area (Å²) >= 11 is 7.21. The molecule has 0 saturated carbocycles. The minimum Gasteiger partial charge on any atom is -0.143 e. The maximum atomic E-state index is 5.60. The minimum atomic E-state index is 0.480. The molecule has 62 valence electrons. The highest BCUT2D eigenvalue weighted by Crippen LogP contribution is 2.22. The maximum absolute atomic E-state index is 5.60. The lowest BCUT2D eigenvalue weighted by Crippen LogP contribution is -1.88. The van der Waals surface area contributed by atoms with Crippen molar-refractivity contribution < 1.29 is 0 Å². The van der Waals surface area contributed by atoms with Gasteiger partial charge in [0, 0.05) is 5.92 Å². The Morgan fingerprint density at radius 2 is 2.27 bits per heavy atom. The van der Waals surface area contributed by atoms with Crippen molar-refractivity contribution in [1.82, 2.24) is 10.2 Å². The average Bonchev–Trinajstić information content (AvgIpc) is 2.50. The van der Waals surface area contributed by atoms with Crippen molar-refractivity contribution in [1.29, 1.82) is 0 Å². The molecule has 4 heteroatoms. The molecule has 0 aliphatic rings. The van der Waals surface area contributed by atoms with Crippen LogP contribution in [0.25, 0.3) is 0 Å². The monoisotopic (exact) mass is 190 g/mol. The molecular weight excluding hydrogens is 180 g/mol. The van der Waals surface area contributed by atoms with Gasteiger partial charge in [-0.3, -0.25) is 0 Å². The third-order valence-electron chi connectivity index (χ3n) is 1.63. The van der Waals surface area contributed by atoms with Gasteiger partial charge in [0.25, 0.3) is 0 Å². The van der Waals surface area contributed by atoms with Crippen molar-refractivity contribution in [3.05, 3.63) is 10.0 Å². The highest BCUT2D eigenvalue weighted by atomic mass is 35.5. The Bertz CT molecular complexity index is 224. The molecule has 0 fully saturated rings. The molecule has 2 nitrogen and oxygen atoms in total. The molecule has 0 radical (unpaired) electrons. The number of aromatic nitrogens is 2. The molecule has 0 spiro atoms. The molecule has 0 aromatic carbocycles. The van der Waals surface area contributed by atoms with Gasteiger partial charge in [-0.2, -0.15) is 0 Å². The molecule has 0 saturated heterocycles. The molecule has 0 aliphatic carbocycles. The van der Waals surface area contributed by atoms with Crippen molar-refractivity contribution in [3.63, 3.8) is 0 Å². The lowest BCUT2D eigenvalue weighted by Gasteiger charge is -1.99. The Kier molecular flexibility index (Phi) is 3.27. The van der Waals surface area contributed by atoms with Crippen molar-refractivity contribution >= 4 is 22.9 Å². The van der Waals surface area contributed by atoms with Crippen LogP contribution in [0.2, 0.25) is 0 Å². The van der Waals surface area contributed by atoms with Crippen LogP contribution >= 0.6 is 22.9 Å². The van der Waals surface area contributed by atoms with Gasteiger partial charge in [-0.15, -0.1) is 21.8 Å². The van der Waals surface area contributed by atoms with E-state index in [2.05, 4.69) is 24.0 Å². The molecule has 1 aromatic heterocycles. The first-order valence-electron chi connectivity index (χ1n) is 3.66. The number of alkyl halides is 1. The Labute approximate surface area is 75.6 Å². The zero-order valence-corrected chi connectivity index (χ0v) is 8.24. The Morgan fingerprint density at radius 1 is 1.55 bits per heavy atom. The Hall–Kier alpha value is -0.150. The summed E-state index contributed by atoms with van der Waals surface area (Å²) in [6, 6.07) is 0. The predicted molar refractivity (Wildman–Crippen MR) is 48.2 cm³/mol. The van der Waals surface area contributed by atoms with Crippen LogP contribution < -0.4 is 0 Å². The molecule has 1 unspecified atom stereocenters. The molecule has 1 rings (SSSR count). The minimum absolute atomic E-state index is 0.480. The van der Waals surface area contributed by atoms with Gasteiger partial charge in [-0.05, 0) is 6.42 Å². The fourth-order valence-electron chi connectivity index (χ4n) is 0.694. The highest BCUT2D eigenvalue weighted by molar-refractivity contribution is 7.11. The summed E-state index contributed by atoms with van der Waals surface area (Å²) in [5, 5.41) is 10.0. The third-order valence-corrected chi connectivity index (χ3v) is 3.20. The van der Waals surface area contributed by atoms with Crippen LogP contribution in [0.3, 0.4) is 0 Å². The Balaban J connectivity index is 2.71. The van der Waals surface area contributed by atoms with Crippen molar-refractivity contribution in [2.75, 3.05) is 0 Å². The van der Waals surface area contributed by atoms with Gasteiger partial charge in [0.05, 0.1) is 5.88 Å². The average molecular weight is 191 g/mol. The fourth-order valence-corrected chi connectivity index (χ4v) is 1.74. The van der Waals surface area contributed by atoms with E-state index in [4.69, 9.17) is 11.6 Å². The van der Waals surface area contributed by atoms with E-state index >= 15 is 0 Å². The van der Waals surface area contributed by atoms with Gasteiger partial charge < -0.3 is 0 Å². The molecule has 1 aromatic rings. The number of halogens is 1. The second kappa shape index (κ2) is 4.02. The van der Waals surface area contributed by atoms with Crippen LogP contribution in [0.1, 0.15) is 36.2 Å². The number of nitrogens with zero attached hydrogens (tertiary/aromatic N) is 2. The fraction of sp³-hybridized carbons (Fsp3) is 0.714. The van der Waals surface area contributed by atoms with Crippen molar-refractivity contribution in [2.45, 2.75) is 32.1 Å². The lowest BCUT2D eigenvalue weighted by atomic mass is 10.1. The zero-order chi connectivity index (χ0) is 8.27. The third kappa shape index (κ3) is 2.14. The van der Waals surface area contributed by atoms with E-state index in [1.807, 2.05) is 0 Å². The normalized spacial score (nSPS) is 13.4. The molecule has 11 heavy (non-hydrogen) atoms. The summed E-state index contributed by atoms with van der Waals surface area (Å²) in [4.78, 5) is 0. The maximum Gasteiger partial charge on any atom is 0.132 e. The smallest absolute Gasteiger partial charge is 0.132 e. The second-order valence-corrected chi connectivity index (χ2v) is 3.84. The molecule has 0 bridgehead atoms. The SMILES string of the molecule is CCC(C)c1nnc(CCl)s1.